The van der Waals surface area contributed by atoms with Crippen LogP contribution in [0.25, 0.3) is 11.0 Å². The predicted molar refractivity (Wildman–Crippen MR) is 72.9 cm³/mol. The number of esters is 1. The molecule has 0 fully saturated rings. The van der Waals surface area contributed by atoms with Gasteiger partial charge in [-0.05, 0) is 31.2 Å². The molecular formula is C13H15NO4S. The predicted octanol–water partition coefficient (Wildman–Crippen LogP) is 2.70. The minimum atomic E-state index is -2.40. The van der Waals surface area contributed by atoms with Crippen LogP contribution in [0.4, 0.5) is 0 Å². The molecule has 1 unspecified atom stereocenters. The fourth-order valence-corrected chi connectivity index (χ4v) is 3.09. The van der Waals surface area contributed by atoms with Gasteiger partial charge in [-0.15, -0.1) is 0 Å². The smallest absolute Gasteiger partial charge is 0.373 e. The summed E-state index contributed by atoms with van der Waals surface area (Å²) in [6.45, 7) is 2.33. The Kier molecular flexibility index (Phi) is 3.61. The van der Waals surface area contributed by atoms with Crippen molar-refractivity contribution in [3.8, 4) is 0 Å². The van der Waals surface area contributed by atoms with Crippen LogP contribution in [0.2, 0.25) is 0 Å². The molecule has 0 aliphatic heterocycles. The topological polar surface area (TPSA) is 68.9 Å². The molecule has 1 heterocycles. The number of methoxy groups -OCH3 is 1. The molecular weight excluding hydrogens is 266 g/mol. The molecule has 1 atom stereocenters. The lowest BCUT2D eigenvalue weighted by Gasteiger charge is -2.03. The number of fused-ring (bicyclic) bond motifs is 1. The Morgan fingerprint density at radius 2 is 2.16 bits per heavy atom. The van der Waals surface area contributed by atoms with Crippen molar-refractivity contribution >= 4 is 26.7 Å². The normalized spacial score (nSPS) is 14.1. The third-order valence-electron chi connectivity index (χ3n) is 2.69. The Balaban J connectivity index is 2.56. The number of nitrogens with zero attached hydrogens (tertiary/aromatic N) is 1. The maximum atomic E-state index is 12.3. The molecule has 0 N–H and O–H groups in total. The summed E-state index contributed by atoms with van der Waals surface area (Å²) in [7, 11) is -1.11. The van der Waals surface area contributed by atoms with Gasteiger partial charge in [-0.3, -0.25) is 0 Å². The summed E-state index contributed by atoms with van der Waals surface area (Å²) in [5, 5.41) is 0.707. The summed E-state index contributed by atoms with van der Waals surface area (Å²) in [5.74, 6) is -0.405. The van der Waals surface area contributed by atoms with E-state index in [-0.39, 0.29) is 5.76 Å². The van der Waals surface area contributed by atoms with E-state index >= 15 is 0 Å². The third kappa shape index (κ3) is 2.63. The summed E-state index contributed by atoms with van der Waals surface area (Å²) in [6, 6.07) is 6.69. The van der Waals surface area contributed by atoms with E-state index in [0.29, 0.717) is 22.4 Å². The minimum absolute atomic E-state index is 0.129. The zero-order valence-electron chi connectivity index (χ0n) is 11.0. The second-order valence-corrected chi connectivity index (χ2v) is 6.38. The fraction of sp³-hybridized carbons (Fsp3) is 0.308. The summed E-state index contributed by atoms with van der Waals surface area (Å²) >= 11 is 0. The number of hydrogen-bond acceptors (Lipinski definition) is 5. The van der Waals surface area contributed by atoms with Crippen LogP contribution in [0.1, 0.15) is 17.5 Å². The maximum absolute atomic E-state index is 12.3. The van der Waals surface area contributed by atoms with Crippen molar-refractivity contribution in [1.82, 2.24) is 0 Å². The van der Waals surface area contributed by atoms with Gasteiger partial charge in [0.05, 0.1) is 16.8 Å². The van der Waals surface area contributed by atoms with Gasteiger partial charge in [0.25, 0.3) is 0 Å². The quantitative estimate of drug-likeness (QED) is 0.811. The van der Waals surface area contributed by atoms with Crippen LogP contribution in [-0.4, -0.2) is 30.1 Å². The third-order valence-corrected chi connectivity index (χ3v) is 4.57. The van der Waals surface area contributed by atoms with E-state index in [4.69, 9.17) is 4.42 Å². The number of carbonyl (C=O) groups is 1. The molecule has 0 saturated heterocycles. The van der Waals surface area contributed by atoms with E-state index in [0.717, 1.165) is 0 Å². The summed E-state index contributed by atoms with van der Waals surface area (Å²) < 4.78 is 26.4. The Bertz CT molecular complexity index is 738. The first-order valence-electron chi connectivity index (χ1n) is 5.78. The second-order valence-electron chi connectivity index (χ2n) is 4.05. The molecule has 0 aliphatic rings. The van der Waals surface area contributed by atoms with Crippen molar-refractivity contribution in [3.63, 3.8) is 0 Å². The molecule has 102 valence electrons. The van der Waals surface area contributed by atoms with E-state index in [1.165, 1.54) is 7.11 Å². The Hall–Kier alpha value is -1.82. The van der Waals surface area contributed by atoms with Crippen molar-refractivity contribution in [1.29, 1.82) is 0 Å². The zero-order chi connectivity index (χ0) is 14.0. The Labute approximate surface area is 111 Å². The molecule has 0 spiro atoms. The molecule has 5 nitrogen and oxygen atoms in total. The number of ether oxygens (including phenoxy) is 1. The standard InChI is InChI=1S/C13H15NO4S/c1-4-14-19(3,16)10-5-6-11-9(7-10)8-12(18-11)13(15)17-2/h5-8H,4H2,1-3H3. The lowest BCUT2D eigenvalue weighted by Crippen LogP contribution is -1.98. The molecule has 0 bridgehead atoms. The lowest BCUT2D eigenvalue weighted by molar-refractivity contribution is 0.0567. The fourth-order valence-electron chi connectivity index (χ4n) is 1.78. The number of furan rings is 1. The number of benzene rings is 1. The highest BCUT2D eigenvalue weighted by Gasteiger charge is 2.14. The average Bonchev–Trinajstić information content (AvgIpc) is 2.80. The van der Waals surface area contributed by atoms with E-state index in [1.807, 2.05) is 6.92 Å². The van der Waals surface area contributed by atoms with Gasteiger partial charge in [-0.1, -0.05) is 0 Å². The lowest BCUT2D eigenvalue weighted by atomic mass is 10.2. The van der Waals surface area contributed by atoms with Gasteiger partial charge < -0.3 is 9.15 Å². The van der Waals surface area contributed by atoms with Crippen molar-refractivity contribution in [2.45, 2.75) is 11.8 Å². The Morgan fingerprint density at radius 1 is 1.42 bits per heavy atom. The summed E-state index contributed by atoms with van der Waals surface area (Å²) in [6.07, 6.45) is 1.60. The van der Waals surface area contributed by atoms with E-state index in [1.54, 1.807) is 30.5 Å². The van der Waals surface area contributed by atoms with Gasteiger partial charge in [0.2, 0.25) is 5.76 Å². The molecule has 1 aromatic heterocycles. The van der Waals surface area contributed by atoms with Gasteiger partial charge in [-0.25, -0.2) is 13.4 Å². The molecule has 0 radical (unpaired) electrons. The van der Waals surface area contributed by atoms with Crippen LogP contribution in [0.3, 0.4) is 0 Å². The van der Waals surface area contributed by atoms with E-state index in [9.17, 15) is 9.00 Å². The van der Waals surface area contributed by atoms with E-state index < -0.39 is 15.7 Å². The summed E-state index contributed by atoms with van der Waals surface area (Å²) in [5.41, 5.74) is 0.552. The van der Waals surface area contributed by atoms with Gasteiger partial charge in [0.1, 0.15) is 5.58 Å². The number of hydrogen-bond donors (Lipinski definition) is 0. The highest BCUT2D eigenvalue weighted by molar-refractivity contribution is 7.93. The van der Waals surface area contributed by atoms with Crippen molar-refractivity contribution in [2.24, 2.45) is 4.36 Å². The van der Waals surface area contributed by atoms with Crippen LogP contribution in [0.5, 0.6) is 0 Å². The number of carbonyl (C=O) groups excluding carboxylic acids is 1. The first-order chi connectivity index (χ1) is 8.97. The highest BCUT2D eigenvalue weighted by atomic mass is 32.2. The van der Waals surface area contributed by atoms with Crippen molar-refractivity contribution < 1.29 is 18.2 Å². The average molecular weight is 281 g/mol. The molecule has 0 saturated carbocycles. The molecule has 2 rings (SSSR count). The van der Waals surface area contributed by atoms with Crippen LogP contribution < -0.4 is 0 Å². The first-order valence-corrected chi connectivity index (χ1v) is 7.70. The number of rotatable bonds is 3. The van der Waals surface area contributed by atoms with Crippen LogP contribution in [-0.2, 0) is 14.5 Å². The van der Waals surface area contributed by atoms with Crippen molar-refractivity contribution in [2.75, 3.05) is 19.9 Å². The second kappa shape index (κ2) is 5.05. The van der Waals surface area contributed by atoms with Gasteiger partial charge in [-0.2, -0.15) is 0 Å². The molecule has 19 heavy (non-hydrogen) atoms. The molecule has 0 amide bonds. The summed E-state index contributed by atoms with van der Waals surface area (Å²) in [4.78, 5) is 12.0. The van der Waals surface area contributed by atoms with Crippen LogP contribution in [0.15, 0.2) is 37.9 Å². The van der Waals surface area contributed by atoms with E-state index in [2.05, 4.69) is 9.10 Å². The highest BCUT2D eigenvalue weighted by Crippen LogP contribution is 2.24. The minimum Gasteiger partial charge on any atom is -0.463 e. The van der Waals surface area contributed by atoms with Gasteiger partial charge in [0, 0.05) is 23.1 Å². The Morgan fingerprint density at radius 3 is 2.79 bits per heavy atom. The first kappa shape index (κ1) is 13.6. The SMILES string of the molecule is CCN=S(C)(=O)c1ccc2oc(C(=O)OC)cc2c1. The molecule has 0 aliphatic carbocycles. The zero-order valence-corrected chi connectivity index (χ0v) is 11.8. The molecule has 6 heteroatoms. The van der Waals surface area contributed by atoms with Crippen LogP contribution >= 0.6 is 0 Å². The van der Waals surface area contributed by atoms with Gasteiger partial charge in [0.15, 0.2) is 0 Å². The maximum Gasteiger partial charge on any atom is 0.373 e. The van der Waals surface area contributed by atoms with Crippen molar-refractivity contribution in [3.05, 3.63) is 30.0 Å². The largest absolute Gasteiger partial charge is 0.463 e. The molecule has 2 aromatic rings. The van der Waals surface area contributed by atoms with Gasteiger partial charge >= 0.3 is 5.97 Å². The van der Waals surface area contributed by atoms with Crippen LogP contribution in [0, 0.1) is 0 Å². The monoisotopic (exact) mass is 281 g/mol. The molecule has 1 aromatic carbocycles.